The van der Waals surface area contributed by atoms with Crippen molar-refractivity contribution in [3.63, 3.8) is 0 Å². The highest BCUT2D eigenvalue weighted by Crippen LogP contribution is 2.22. The van der Waals surface area contributed by atoms with Crippen LogP contribution in [0.1, 0.15) is 18.4 Å². The summed E-state index contributed by atoms with van der Waals surface area (Å²) in [5.41, 5.74) is 0.329. The van der Waals surface area contributed by atoms with Crippen LogP contribution < -0.4 is 0 Å². The molecule has 0 amide bonds. The first kappa shape index (κ1) is 13.1. The van der Waals surface area contributed by atoms with E-state index in [1.807, 2.05) is 0 Å². The summed E-state index contributed by atoms with van der Waals surface area (Å²) >= 11 is 0. The van der Waals surface area contributed by atoms with Gasteiger partial charge in [-0.2, -0.15) is 4.31 Å². The monoisotopic (exact) mass is 248 g/mol. The maximum absolute atomic E-state index is 12.1. The number of likely N-dealkylation sites (N-methyl/N-ethyl adjacent to an activating group) is 1. The Morgan fingerprint density at radius 1 is 1.50 bits per heavy atom. The molecule has 16 heavy (non-hydrogen) atoms. The van der Waals surface area contributed by atoms with Crippen molar-refractivity contribution in [2.24, 2.45) is 0 Å². The van der Waals surface area contributed by atoms with Gasteiger partial charge >= 0.3 is 0 Å². The van der Waals surface area contributed by atoms with E-state index in [0.717, 1.165) is 4.31 Å². The van der Waals surface area contributed by atoms with Gasteiger partial charge in [0.15, 0.2) is 5.76 Å². The molecule has 0 aliphatic rings. The normalized spacial score (nSPS) is 14.4. The predicted molar refractivity (Wildman–Crippen MR) is 57.5 cm³/mol. The van der Waals surface area contributed by atoms with Crippen molar-refractivity contribution in [1.29, 1.82) is 0 Å². The number of aryl methyl sites for hydroxylation is 2. The lowest BCUT2D eigenvalue weighted by Gasteiger charge is -2.18. The summed E-state index contributed by atoms with van der Waals surface area (Å²) in [5.74, 6) is 0.259. The van der Waals surface area contributed by atoms with Crippen LogP contribution in [-0.4, -0.2) is 42.7 Å². The van der Waals surface area contributed by atoms with Gasteiger partial charge in [0.25, 0.3) is 0 Å². The summed E-state index contributed by atoms with van der Waals surface area (Å²) in [6.07, 6.45) is -0.722. The van der Waals surface area contributed by atoms with Gasteiger partial charge in [0, 0.05) is 13.6 Å². The third-order valence-electron chi connectivity index (χ3n) is 2.16. The van der Waals surface area contributed by atoms with Crippen molar-refractivity contribution >= 4 is 10.0 Å². The second kappa shape index (κ2) is 4.52. The number of aliphatic hydroxyl groups excluding tert-OH is 1. The van der Waals surface area contributed by atoms with Crippen LogP contribution in [0, 0.1) is 13.8 Å². The Balaban J connectivity index is 3.12. The zero-order valence-electron chi connectivity index (χ0n) is 9.76. The van der Waals surface area contributed by atoms with E-state index in [2.05, 4.69) is 5.16 Å². The molecule has 1 N–H and O–H groups in total. The number of rotatable bonds is 4. The summed E-state index contributed by atoms with van der Waals surface area (Å²) in [6.45, 7) is 4.68. The zero-order chi connectivity index (χ0) is 12.5. The highest BCUT2D eigenvalue weighted by Gasteiger charge is 2.28. The fraction of sp³-hybridized carbons (Fsp3) is 0.667. The van der Waals surface area contributed by atoms with Crippen LogP contribution in [0.25, 0.3) is 0 Å². The minimum absolute atomic E-state index is 0.0341. The third kappa shape index (κ3) is 2.42. The molecule has 0 spiro atoms. The molecule has 0 bridgehead atoms. The third-order valence-corrected chi connectivity index (χ3v) is 4.23. The first-order valence-corrected chi connectivity index (χ1v) is 6.28. The van der Waals surface area contributed by atoms with E-state index in [1.54, 1.807) is 13.8 Å². The molecule has 7 heteroatoms. The summed E-state index contributed by atoms with van der Waals surface area (Å²) in [5, 5.41) is 12.8. The topological polar surface area (TPSA) is 83.6 Å². The summed E-state index contributed by atoms with van der Waals surface area (Å²) in [7, 11) is -2.22. The molecule has 92 valence electrons. The van der Waals surface area contributed by atoms with Gasteiger partial charge in [-0.3, -0.25) is 0 Å². The Morgan fingerprint density at radius 2 is 2.06 bits per heavy atom. The number of sulfonamides is 1. The number of hydrogen-bond donors (Lipinski definition) is 1. The van der Waals surface area contributed by atoms with Crippen LogP contribution in [0.5, 0.6) is 0 Å². The summed E-state index contributed by atoms with van der Waals surface area (Å²) in [4.78, 5) is 0.0793. The largest absolute Gasteiger partial charge is 0.392 e. The molecule has 1 unspecified atom stereocenters. The van der Waals surface area contributed by atoms with Gasteiger partial charge in [-0.25, -0.2) is 8.42 Å². The second-order valence-corrected chi connectivity index (χ2v) is 5.77. The molecule has 0 saturated carbocycles. The van der Waals surface area contributed by atoms with Gasteiger partial charge in [0.1, 0.15) is 10.6 Å². The number of hydrogen-bond acceptors (Lipinski definition) is 5. The second-order valence-electron chi connectivity index (χ2n) is 3.79. The Labute approximate surface area is 94.9 Å². The zero-order valence-corrected chi connectivity index (χ0v) is 10.6. The smallest absolute Gasteiger partial charge is 0.248 e. The van der Waals surface area contributed by atoms with Gasteiger partial charge in [-0.15, -0.1) is 0 Å². The number of aliphatic hydroxyl groups is 1. The molecular weight excluding hydrogens is 232 g/mol. The highest BCUT2D eigenvalue weighted by molar-refractivity contribution is 7.89. The van der Waals surface area contributed by atoms with E-state index >= 15 is 0 Å². The molecule has 1 heterocycles. The van der Waals surface area contributed by atoms with Crippen LogP contribution in [0.15, 0.2) is 9.42 Å². The average Bonchev–Trinajstić information content (AvgIpc) is 2.45. The highest BCUT2D eigenvalue weighted by atomic mass is 32.2. The number of aromatic nitrogens is 1. The molecule has 0 aromatic carbocycles. The van der Waals surface area contributed by atoms with Crippen molar-refractivity contribution in [2.45, 2.75) is 31.8 Å². The lowest BCUT2D eigenvalue weighted by atomic mass is 10.4. The van der Waals surface area contributed by atoms with Crippen LogP contribution in [-0.2, 0) is 10.0 Å². The minimum Gasteiger partial charge on any atom is -0.392 e. The van der Waals surface area contributed by atoms with Gasteiger partial charge in [-0.05, 0) is 20.8 Å². The van der Waals surface area contributed by atoms with Crippen molar-refractivity contribution in [3.8, 4) is 0 Å². The quantitative estimate of drug-likeness (QED) is 0.828. The minimum atomic E-state index is -3.63. The summed E-state index contributed by atoms with van der Waals surface area (Å²) in [6, 6.07) is 0. The van der Waals surface area contributed by atoms with Gasteiger partial charge in [-0.1, -0.05) is 5.16 Å². The van der Waals surface area contributed by atoms with Crippen LogP contribution in [0.2, 0.25) is 0 Å². The van der Waals surface area contributed by atoms with Gasteiger partial charge < -0.3 is 9.63 Å². The van der Waals surface area contributed by atoms with Crippen molar-refractivity contribution in [2.75, 3.05) is 13.6 Å². The number of nitrogens with zero attached hydrogens (tertiary/aromatic N) is 2. The molecule has 0 aliphatic heterocycles. The Kier molecular flexibility index (Phi) is 3.72. The van der Waals surface area contributed by atoms with E-state index in [0.29, 0.717) is 5.69 Å². The van der Waals surface area contributed by atoms with Crippen LogP contribution >= 0.6 is 0 Å². The predicted octanol–water partition coefficient (Wildman–Crippen LogP) is 0.293. The Bertz CT molecular complexity index is 444. The van der Waals surface area contributed by atoms with Crippen LogP contribution in [0.4, 0.5) is 0 Å². The first-order chi connectivity index (χ1) is 7.26. The van der Waals surface area contributed by atoms with Crippen LogP contribution in [0.3, 0.4) is 0 Å². The molecule has 1 aromatic heterocycles. The molecule has 0 radical (unpaired) electrons. The molecule has 0 aliphatic carbocycles. The van der Waals surface area contributed by atoms with Gasteiger partial charge in [0.2, 0.25) is 10.0 Å². The molecule has 0 saturated heterocycles. The molecular formula is C9H16N2O4S. The SMILES string of the molecule is Cc1noc(C)c1S(=O)(=O)N(C)CC(C)O. The Hall–Kier alpha value is -0.920. The van der Waals surface area contributed by atoms with Gasteiger partial charge in [0.05, 0.1) is 6.10 Å². The van der Waals surface area contributed by atoms with Crippen molar-refractivity contribution < 1.29 is 18.0 Å². The summed E-state index contributed by atoms with van der Waals surface area (Å²) < 4.78 is 30.1. The fourth-order valence-corrected chi connectivity index (χ4v) is 3.00. The maximum atomic E-state index is 12.1. The van der Waals surface area contributed by atoms with Crippen molar-refractivity contribution in [1.82, 2.24) is 9.46 Å². The first-order valence-electron chi connectivity index (χ1n) is 4.84. The Morgan fingerprint density at radius 3 is 2.44 bits per heavy atom. The van der Waals surface area contributed by atoms with E-state index in [9.17, 15) is 13.5 Å². The van der Waals surface area contributed by atoms with E-state index < -0.39 is 16.1 Å². The van der Waals surface area contributed by atoms with Crippen molar-refractivity contribution in [3.05, 3.63) is 11.5 Å². The van der Waals surface area contributed by atoms with E-state index in [-0.39, 0.29) is 17.2 Å². The maximum Gasteiger partial charge on any atom is 0.248 e. The standard InChI is InChI=1S/C9H16N2O4S/c1-6(12)5-11(4)16(13,14)9-7(2)10-15-8(9)3/h6,12H,5H2,1-4H3. The molecule has 1 rings (SSSR count). The molecule has 1 atom stereocenters. The molecule has 0 fully saturated rings. The van der Waals surface area contributed by atoms with E-state index in [4.69, 9.17) is 4.52 Å². The fourth-order valence-electron chi connectivity index (χ4n) is 1.47. The lowest BCUT2D eigenvalue weighted by Crippen LogP contribution is -2.33. The molecule has 1 aromatic rings. The lowest BCUT2D eigenvalue weighted by molar-refractivity contribution is 0.171. The van der Waals surface area contributed by atoms with E-state index in [1.165, 1.54) is 14.0 Å². The molecule has 6 nitrogen and oxygen atoms in total. The average molecular weight is 248 g/mol.